The molecule has 2 heteroatoms. The van der Waals surface area contributed by atoms with Crippen LogP contribution < -0.4 is 9.64 Å². The van der Waals surface area contributed by atoms with Crippen molar-refractivity contribution in [3.63, 3.8) is 0 Å². The minimum absolute atomic E-state index is 0.628. The van der Waals surface area contributed by atoms with Crippen molar-refractivity contribution in [3.05, 3.63) is 247 Å². The largest absolute Gasteiger partial charge is 0.455 e. The van der Waals surface area contributed by atoms with Gasteiger partial charge in [-0.1, -0.05) is 194 Å². The molecule has 59 heavy (non-hydrogen) atoms. The van der Waals surface area contributed by atoms with Gasteiger partial charge in [-0.15, -0.1) is 0 Å². The standard InChI is InChI=1S/C57H37NO/c1-3-14-38(15-4-1)39-26-28-40(29-27-39)41-30-34-45(35-31-41)58(44-18-5-2-6-19-44)53-25-13-24-50-54(53)48-22-11-12-23-49(48)57(50)51-36-32-42-16-7-9-20-46(42)55(51)59-56-47-21-10-8-17-43(47)33-37-52(56)57/h1-37H. The van der Waals surface area contributed by atoms with Gasteiger partial charge in [-0.2, -0.15) is 0 Å². The number of hydrogen-bond acceptors (Lipinski definition) is 2. The predicted octanol–water partition coefficient (Wildman–Crippen LogP) is 15.3. The molecule has 1 aliphatic carbocycles. The summed E-state index contributed by atoms with van der Waals surface area (Å²) in [4.78, 5) is 2.43. The number of anilines is 3. The molecule has 0 unspecified atom stereocenters. The van der Waals surface area contributed by atoms with E-state index in [0.29, 0.717) is 0 Å². The van der Waals surface area contributed by atoms with Crippen LogP contribution in [0, 0.1) is 0 Å². The molecule has 1 heterocycles. The molecule has 10 aromatic carbocycles. The maximum absolute atomic E-state index is 7.20. The zero-order valence-electron chi connectivity index (χ0n) is 32.2. The monoisotopic (exact) mass is 751 g/mol. The van der Waals surface area contributed by atoms with Crippen LogP contribution in [0.5, 0.6) is 11.5 Å². The topological polar surface area (TPSA) is 12.5 Å². The Morgan fingerprint density at radius 3 is 1.42 bits per heavy atom. The quantitative estimate of drug-likeness (QED) is 0.174. The van der Waals surface area contributed by atoms with Crippen LogP contribution in [0.2, 0.25) is 0 Å². The maximum Gasteiger partial charge on any atom is 0.140 e. The number of fused-ring (bicyclic) bond motifs is 13. The fourth-order valence-electron chi connectivity index (χ4n) is 9.91. The summed E-state index contributed by atoms with van der Waals surface area (Å²) in [5, 5.41) is 4.56. The van der Waals surface area contributed by atoms with Crippen LogP contribution in [0.25, 0.3) is 54.9 Å². The van der Waals surface area contributed by atoms with Crippen molar-refractivity contribution >= 4 is 38.6 Å². The SMILES string of the molecule is c1ccc(-c2ccc(-c3ccc(N(c4ccccc4)c4cccc5c4-c4ccccc4C54c5ccc6ccccc6c5Oc5c4ccc4ccccc54)cc3)cc2)cc1. The number of rotatable bonds is 5. The minimum Gasteiger partial charge on any atom is -0.455 e. The van der Waals surface area contributed by atoms with Crippen LogP contribution in [0.3, 0.4) is 0 Å². The van der Waals surface area contributed by atoms with E-state index in [2.05, 4.69) is 229 Å². The molecule has 0 saturated carbocycles. The first-order valence-electron chi connectivity index (χ1n) is 20.3. The Labute approximate surface area is 343 Å². The molecular formula is C57H37NO. The Morgan fingerprint density at radius 2 is 0.797 bits per heavy atom. The Hall–Kier alpha value is -7.68. The molecule has 0 bridgehead atoms. The van der Waals surface area contributed by atoms with Gasteiger partial charge in [0.05, 0.1) is 11.1 Å². The summed E-state index contributed by atoms with van der Waals surface area (Å²) in [7, 11) is 0. The Kier molecular flexibility index (Phi) is 7.48. The third-order valence-corrected chi connectivity index (χ3v) is 12.5. The maximum atomic E-state index is 7.20. The molecule has 1 spiro atoms. The van der Waals surface area contributed by atoms with Gasteiger partial charge in [-0.05, 0) is 80.0 Å². The average molecular weight is 752 g/mol. The van der Waals surface area contributed by atoms with Gasteiger partial charge in [-0.3, -0.25) is 0 Å². The molecule has 0 fully saturated rings. The molecule has 2 nitrogen and oxygen atoms in total. The lowest BCUT2D eigenvalue weighted by Gasteiger charge is -2.40. The van der Waals surface area contributed by atoms with Crippen LogP contribution in [0.4, 0.5) is 17.1 Å². The molecule has 0 aromatic heterocycles. The van der Waals surface area contributed by atoms with Crippen LogP contribution in [-0.4, -0.2) is 0 Å². The van der Waals surface area contributed by atoms with Crippen molar-refractivity contribution in [2.45, 2.75) is 5.41 Å². The molecule has 1 aliphatic heterocycles. The normalized spacial score (nSPS) is 13.0. The van der Waals surface area contributed by atoms with Crippen LogP contribution in [-0.2, 0) is 5.41 Å². The molecule has 0 saturated heterocycles. The highest BCUT2D eigenvalue weighted by molar-refractivity contribution is 6.03. The third-order valence-electron chi connectivity index (χ3n) is 12.5. The molecule has 0 N–H and O–H groups in total. The van der Waals surface area contributed by atoms with Gasteiger partial charge < -0.3 is 9.64 Å². The van der Waals surface area contributed by atoms with Gasteiger partial charge in [0.25, 0.3) is 0 Å². The number of hydrogen-bond donors (Lipinski definition) is 0. The van der Waals surface area contributed by atoms with Crippen LogP contribution in [0.1, 0.15) is 22.3 Å². The van der Waals surface area contributed by atoms with Crippen molar-refractivity contribution in [2.24, 2.45) is 0 Å². The lowest BCUT2D eigenvalue weighted by molar-refractivity contribution is 0.447. The first kappa shape index (κ1) is 33.5. The molecule has 10 aromatic rings. The zero-order chi connectivity index (χ0) is 38.9. The second kappa shape index (κ2) is 13.2. The predicted molar refractivity (Wildman–Crippen MR) is 244 cm³/mol. The van der Waals surface area contributed by atoms with E-state index in [9.17, 15) is 0 Å². The molecule has 276 valence electrons. The summed E-state index contributed by atoms with van der Waals surface area (Å²) in [6.45, 7) is 0. The zero-order valence-corrected chi connectivity index (χ0v) is 32.2. The smallest absolute Gasteiger partial charge is 0.140 e. The van der Waals surface area contributed by atoms with E-state index in [4.69, 9.17) is 4.74 Å². The van der Waals surface area contributed by atoms with E-state index in [-0.39, 0.29) is 0 Å². The number of para-hydroxylation sites is 1. The van der Waals surface area contributed by atoms with Crippen molar-refractivity contribution in [1.82, 2.24) is 0 Å². The van der Waals surface area contributed by atoms with E-state index in [0.717, 1.165) is 61.2 Å². The van der Waals surface area contributed by atoms with E-state index in [1.165, 1.54) is 44.5 Å². The van der Waals surface area contributed by atoms with Gasteiger partial charge in [0.15, 0.2) is 0 Å². The molecule has 0 radical (unpaired) electrons. The van der Waals surface area contributed by atoms with Crippen LogP contribution in [0.15, 0.2) is 224 Å². The molecule has 0 atom stereocenters. The summed E-state index contributed by atoms with van der Waals surface area (Å²) in [6.07, 6.45) is 0. The average Bonchev–Trinajstić information content (AvgIpc) is 3.61. The molecular weight excluding hydrogens is 715 g/mol. The van der Waals surface area contributed by atoms with Crippen molar-refractivity contribution in [1.29, 1.82) is 0 Å². The van der Waals surface area contributed by atoms with E-state index >= 15 is 0 Å². The van der Waals surface area contributed by atoms with Gasteiger partial charge in [0.1, 0.15) is 11.5 Å². The summed E-state index contributed by atoms with van der Waals surface area (Å²) < 4.78 is 7.20. The van der Waals surface area contributed by atoms with Gasteiger partial charge in [0.2, 0.25) is 0 Å². The highest BCUT2D eigenvalue weighted by Gasteiger charge is 2.52. The molecule has 2 aliphatic rings. The van der Waals surface area contributed by atoms with Crippen molar-refractivity contribution < 1.29 is 4.74 Å². The van der Waals surface area contributed by atoms with Crippen molar-refractivity contribution in [3.8, 4) is 44.9 Å². The summed E-state index contributed by atoms with van der Waals surface area (Å²) in [5.41, 5.74) is 14.8. The van der Waals surface area contributed by atoms with Gasteiger partial charge in [-0.25, -0.2) is 0 Å². The summed E-state index contributed by atoms with van der Waals surface area (Å²) in [5.74, 6) is 1.85. The first-order valence-corrected chi connectivity index (χ1v) is 20.3. The van der Waals surface area contributed by atoms with Gasteiger partial charge in [0, 0.05) is 38.8 Å². The Balaban J connectivity index is 1.08. The molecule has 12 rings (SSSR count). The summed E-state index contributed by atoms with van der Waals surface area (Å²) >= 11 is 0. The number of ether oxygens (including phenoxy) is 1. The third kappa shape index (κ3) is 5.00. The second-order valence-corrected chi connectivity index (χ2v) is 15.6. The Morgan fingerprint density at radius 1 is 0.322 bits per heavy atom. The number of nitrogens with zero attached hydrogens (tertiary/aromatic N) is 1. The fourth-order valence-corrected chi connectivity index (χ4v) is 9.91. The summed E-state index contributed by atoms with van der Waals surface area (Å²) in [6, 6.07) is 81.6. The second-order valence-electron chi connectivity index (χ2n) is 15.6. The Bertz CT molecular complexity index is 3140. The first-order chi connectivity index (χ1) is 29.3. The lowest BCUT2D eigenvalue weighted by Crippen LogP contribution is -2.32. The minimum atomic E-state index is -0.628. The molecule has 0 amide bonds. The van der Waals surface area contributed by atoms with E-state index < -0.39 is 5.41 Å². The highest BCUT2D eigenvalue weighted by Crippen LogP contribution is 2.65. The number of benzene rings is 10. The van der Waals surface area contributed by atoms with Crippen LogP contribution >= 0.6 is 0 Å². The highest BCUT2D eigenvalue weighted by atomic mass is 16.5. The van der Waals surface area contributed by atoms with Crippen molar-refractivity contribution in [2.75, 3.05) is 4.90 Å². The van der Waals surface area contributed by atoms with Gasteiger partial charge >= 0.3 is 0 Å². The van der Waals surface area contributed by atoms with E-state index in [1.807, 2.05) is 0 Å². The lowest BCUT2D eigenvalue weighted by atomic mass is 9.65. The fraction of sp³-hybridized carbons (Fsp3) is 0.0175. The van der Waals surface area contributed by atoms with E-state index in [1.54, 1.807) is 0 Å².